The van der Waals surface area contributed by atoms with Gasteiger partial charge in [0, 0.05) is 22.5 Å². The summed E-state index contributed by atoms with van der Waals surface area (Å²) in [4.78, 5) is 5.34. The van der Waals surface area contributed by atoms with E-state index in [1.807, 2.05) is 17.8 Å². The van der Waals surface area contributed by atoms with Crippen molar-refractivity contribution in [3.05, 3.63) is 52.5 Å². The van der Waals surface area contributed by atoms with Gasteiger partial charge in [-0.05, 0) is 12.0 Å². The van der Waals surface area contributed by atoms with Gasteiger partial charge in [-0.15, -0.1) is 11.3 Å². The van der Waals surface area contributed by atoms with Crippen molar-refractivity contribution >= 4 is 11.3 Å². The highest BCUT2D eigenvalue weighted by molar-refractivity contribution is 7.09. The predicted molar refractivity (Wildman–Crippen MR) is 73.3 cm³/mol. The van der Waals surface area contributed by atoms with E-state index in [0.717, 1.165) is 6.42 Å². The Morgan fingerprint density at radius 3 is 2.59 bits per heavy atom. The van der Waals surface area contributed by atoms with Crippen LogP contribution in [0.3, 0.4) is 0 Å². The zero-order valence-corrected chi connectivity index (χ0v) is 11.1. The summed E-state index contributed by atoms with van der Waals surface area (Å²) >= 11 is 1.67. The summed E-state index contributed by atoms with van der Waals surface area (Å²) in [7, 11) is 0. The van der Waals surface area contributed by atoms with Crippen molar-refractivity contribution in [1.82, 2.24) is 4.98 Å². The molecule has 1 aromatic heterocycles. The van der Waals surface area contributed by atoms with Crippen molar-refractivity contribution in [2.24, 2.45) is 5.73 Å². The first-order valence-electron chi connectivity index (χ1n) is 5.79. The highest BCUT2D eigenvalue weighted by Crippen LogP contribution is 2.28. The normalized spacial score (nSPS) is 13.6. The van der Waals surface area contributed by atoms with E-state index in [1.54, 1.807) is 11.3 Å². The number of thiazole rings is 1. The molecule has 1 atom stereocenters. The number of hydrogen-bond acceptors (Lipinski definition) is 3. The van der Waals surface area contributed by atoms with Crippen molar-refractivity contribution in [2.75, 3.05) is 0 Å². The Morgan fingerprint density at radius 1 is 1.29 bits per heavy atom. The van der Waals surface area contributed by atoms with Gasteiger partial charge in [0.1, 0.15) is 0 Å². The third-order valence-electron chi connectivity index (χ3n) is 3.35. The number of nitrogens with zero attached hydrogens (tertiary/aromatic N) is 1. The van der Waals surface area contributed by atoms with E-state index in [4.69, 9.17) is 5.73 Å². The Hall–Kier alpha value is -1.19. The fourth-order valence-corrected chi connectivity index (χ4v) is 2.55. The predicted octanol–water partition coefficient (Wildman–Crippen LogP) is 2.99. The molecule has 1 aromatic carbocycles. The molecule has 0 amide bonds. The third kappa shape index (κ3) is 2.73. The molecular formula is C14H18N2S. The molecule has 0 aliphatic carbocycles. The molecule has 2 rings (SSSR count). The SMILES string of the molecule is CC(C)(c1ccccc1)C(N)Cc1cncs1. The molecule has 0 bridgehead atoms. The van der Waals surface area contributed by atoms with Crippen molar-refractivity contribution in [1.29, 1.82) is 0 Å². The number of hydrogen-bond donors (Lipinski definition) is 1. The maximum atomic E-state index is 6.35. The van der Waals surface area contributed by atoms with Crippen molar-refractivity contribution < 1.29 is 0 Å². The van der Waals surface area contributed by atoms with Gasteiger partial charge in [-0.25, -0.2) is 0 Å². The van der Waals surface area contributed by atoms with E-state index in [9.17, 15) is 0 Å². The molecule has 0 saturated carbocycles. The van der Waals surface area contributed by atoms with Crippen LogP contribution in [-0.4, -0.2) is 11.0 Å². The molecule has 0 fully saturated rings. The lowest BCUT2D eigenvalue weighted by atomic mass is 9.77. The van der Waals surface area contributed by atoms with E-state index >= 15 is 0 Å². The minimum absolute atomic E-state index is 0.0226. The van der Waals surface area contributed by atoms with E-state index in [-0.39, 0.29) is 11.5 Å². The first-order chi connectivity index (χ1) is 8.10. The smallest absolute Gasteiger partial charge is 0.0794 e. The second kappa shape index (κ2) is 4.98. The van der Waals surface area contributed by atoms with Crippen LogP contribution >= 0.6 is 11.3 Å². The monoisotopic (exact) mass is 246 g/mol. The number of benzene rings is 1. The van der Waals surface area contributed by atoms with Gasteiger partial charge in [-0.1, -0.05) is 44.2 Å². The fraction of sp³-hybridized carbons (Fsp3) is 0.357. The van der Waals surface area contributed by atoms with Crippen molar-refractivity contribution in [2.45, 2.75) is 31.7 Å². The Kier molecular flexibility index (Phi) is 3.60. The van der Waals surface area contributed by atoms with Crippen LogP contribution in [0.25, 0.3) is 0 Å². The van der Waals surface area contributed by atoms with Gasteiger partial charge >= 0.3 is 0 Å². The number of rotatable bonds is 4. The number of nitrogens with two attached hydrogens (primary N) is 1. The zero-order valence-electron chi connectivity index (χ0n) is 10.3. The number of aromatic nitrogens is 1. The Balaban J connectivity index is 2.15. The maximum Gasteiger partial charge on any atom is 0.0794 e. The lowest BCUT2D eigenvalue weighted by molar-refractivity contribution is 0.408. The van der Waals surface area contributed by atoms with Crippen LogP contribution in [0.1, 0.15) is 24.3 Å². The molecule has 0 radical (unpaired) electrons. The molecule has 0 saturated heterocycles. The van der Waals surface area contributed by atoms with Crippen LogP contribution < -0.4 is 5.73 Å². The molecule has 17 heavy (non-hydrogen) atoms. The lowest BCUT2D eigenvalue weighted by Gasteiger charge is -2.32. The van der Waals surface area contributed by atoms with Crippen molar-refractivity contribution in [3.8, 4) is 0 Å². The molecule has 0 aliphatic rings. The van der Waals surface area contributed by atoms with Crippen LogP contribution in [0.15, 0.2) is 42.0 Å². The Labute approximate surface area is 107 Å². The van der Waals surface area contributed by atoms with E-state index in [1.165, 1.54) is 10.4 Å². The quantitative estimate of drug-likeness (QED) is 0.900. The first kappa shape index (κ1) is 12.3. The van der Waals surface area contributed by atoms with Gasteiger partial charge in [0.25, 0.3) is 0 Å². The van der Waals surface area contributed by atoms with E-state index < -0.39 is 0 Å². The van der Waals surface area contributed by atoms with Crippen LogP contribution in [-0.2, 0) is 11.8 Å². The van der Waals surface area contributed by atoms with Crippen LogP contribution in [0, 0.1) is 0 Å². The summed E-state index contributed by atoms with van der Waals surface area (Å²) in [6.45, 7) is 4.40. The van der Waals surface area contributed by atoms with E-state index in [0.29, 0.717) is 0 Å². The summed E-state index contributed by atoms with van der Waals surface area (Å²) in [6, 6.07) is 10.6. The molecule has 1 heterocycles. The molecular weight excluding hydrogens is 228 g/mol. The average molecular weight is 246 g/mol. The van der Waals surface area contributed by atoms with Gasteiger partial charge in [0.05, 0.1) is 5.51 Å². The van der Waals surface area contributed by atoms with Gasteiger partial charge in [-0.2, -0.15) is 0 Å². The van der Waals surface area contributed by atoms with Crippen LogP contribution in [0.2, 0.25) is 0 Å². The summed E-state index contributed by atoms with van der Waals surface area (Å²) < 4.78 is 0. The minimum Gasteiger partial charge on any atom is -0.327 e. The second-order valence-corrected chi connectivity index (χ2v) is 5.84. The summed E-state index contributed by atoms with van der Waals surface area (Å²) in [5, 5.41) is 0. The molecule has 2 N–H and O–H groups in total. The van der Waals surface area contributed by atoms with Gasteiger partial charge < -0.3 is 5.73 Å². The highest BCUT2D eigenvalue weighted by Gasteiger charge is 2.28. The van der Waals surface area contributed by atoms with E-state index in [2.05, 4.69) is 43.1 Å². The highest BCUT2D eigenvalue weighted by atomic mass is 32.1. The molecule has 2 aromatic rings. The second-order valence-electron chi connectivity index (χ2n) is 4.87. The van der Waals surface area contributed by atoms with Crippen LogP contribution in [0.5, 0.6) is 0 Å². The topological polar surface area (TPSA) is 38.9 Å². The van der Waals surface area contributed by atoms with Gasteiger partial charge in [-0.3, -0.25) is 4.98 Å². The molecule has 90 valence electrons. The fourth-order valence-electron chi connectivity index (χ4n) is 1.90. The van der Waals surface area contributed by atoms with Crippen LogP contribution in [0.4, 0.5) is 0 Å². The van der Waals surface area contributed by atoms with Crippen molar-refractivity contribution in [3.63, 3.8) is 0 Å². The Bertz CT molecular complexity index is 448. The van der Waals surface area contributed by atoms with Gasteiger partial charge in [0.15, 0.2) is 0 Å². The summed E-state index contributed by atoms with van der Waals surface area (Å²) in [5.74, 6) is 0. The van der Waals surface area contributed by atoms with Gasteiger partial charge in [0.2, 0.25) is 0 Å². The largest absolute Gasteiger partial charge is 0.327 e. The summed E-state index contributed by atoms with van der Waals surface area (Å²) in [6.07, 6.45) is 2.79. The Morgan fingerprint density at radius 2 is 2.00 bits per heavy atom. The molecule has 3 heteroatoms. The summed E-state index contributed by atoms with van der Waals surface area (Å²) in [5.41, 5.74) is 9.48. The molecule has 0 spiro atoms. The molecule has 1 unspecified atom stereocenters. The standard InChI is InChI=1S/C14H18N2S/c1-14(2,11-6-4-3-5-7-11)13(15)8-12-9-16-10-17-12/h3-7,9-10,13H,8,15H2,1-2H3. The minimum atomic E-state index is -0.0226. The lowest BCUT2D eigenvalue weighted by Crippen LogP contribution is -2.42. The maximum absolute atomic E-state index is 6.35. The average Bonchev–Trinajstić information content (AvgIpc) is 2.83. The zero-order chi connectivity index (χ0) is 12.3. The molecule has 0 aliphatic heterocycles. The first-order valence-corrected chi connectivity index (χ1v) is 6.67. The third-order valence-corrected chi connectivity index (χ3v) is 4.15. The molecule has 2 nitrogen and oxygen atoms in total.